The molecule has 1 aliphatic heterocycles. The molecule has 0 radical (unpaired) electrons. The molecule has 0 aliphatic carbocycles. The second-order valence-electron chi connectivity index (χ2n) is 7.27. The molecular formula is C21H24N4O3S. The zero-order chi connectivity index (χ0) is 20.4. The van der Waals surface area contributed by atoms with E-state index in [1.165, 1.54) is 4.31 Å². The maximum absolute atomic E-state index is 12.7. The van der Waals surface area contributed by atoms with Gasteiger partial charge in [0.2, 0.25) is 15.9 Å². The average molecular weight is 413 g/mol. The van der Waals surface area contributed by atoms with Crippen LogP contribution < -0.4 is 5.32 Å². The van der Waals surface area contributed by atoms with Crippen LogP contribution in [0.5, 0.6) is 0 Å². The summed E-state index contributed by atoms with van der Waals surface area (Å²) in [5, 5.41) is 2.83. The zero-order valence-corrected chi connectivity index (χ0v) is 17.2. The van der Waals surface area contributed by atoms with Crippen molar-refractivity contribution in [2.45, 2.75) is 37.6 Å². The minimum Gasteiger partial charge on any atom is -0.325 e. The number of carbonyl (C=O) groups is 1. The SMILES string of the molecule is Cc1nc2ccccc2n1CC(=O)Nc1ccc(S(=O)(=O)N2CCCCC2)cc1. The number of aryl methyl sites for hydroxylation is 1. The number of amides is 1. The number of carbonyl (C=O) groups excluding carboxylic acids is 1. The number of nitrogens with zero attached hydrogens (tertiary/aromatic N) is 3. The molecule has 2 aromatic carbocycles. The minimum absolute atomic E-state index is 0.139. The van der Waals surface area contributed by atoms with Crippen LogP contribution in [0.4, 0.5) is 5.69 Å². The molecule has 1 aliphatic rings. The van der Waals surface area contributed by atoms with Gasteiger partial charge in [0.1, 0.15) is 12.4 Å². The summed E-state index contributed by atoms with van der Waals surface area (Å²) in [6, 6.07) is 14.1. The molecule has 0 saturated carbocycles. The smallest absolute Gasteiger partial charge is 0.244 e. The number of fused-ring (bicyclic) bond motifs is 1. The van der Waals surface area contributed by atoms with E-state index in [1.807, 2.05) is 35.8 Å². The molecule has 152 valence electrons. The molecule has 1 aromatic heterocycles. The maximum atomic E-state index is 12.7. The number of aromatic nitrogens is 2. The number of nitrogens with one attached hydrogen (secondary N) is 1. The number of benzene rings is 2. The molecule has 29 heavy (non-hydrogen) atoms. The summed E-state index contributed by atoms with van der Waals surface area (Å²) >= 11 is 0. The van der Waals surface area contributed by atoms with Gasteiger partial charge in [-0.2, -0.15) is 4.31 Å². The Bertz CT molecular complexity index is 1130. The topological polar surface area (TPSA) is 84.3 Å². The van der Waals surface area contributed by atoms with Gasteiger partial charge in [-0.25, -0.2) is 13.4 Å². The van der Waals surface area contributed by atoms with E-state index in [2.05, 4.69) is 10.3 Å². The van der Waals surface area contributed by atoms with Crippen LogP contribution in [0, 0.1) is 6.92 Å². The van der Waals surface area contributed by atoms with Gasteiger partial charge in [0, 0.05) is 18.8 Å². The molecule has 2 heterocycles. The average Bonchev–Trinajstić information content (AvgIpc) is 3.04. The Morgan fingerprint density at radius 3 is 2.45 bits per heavy atom. The van der Waals surface area contributed by atoms with Gasteiger partial charge in [-0.15, -0.1) is 0 Å². The van der Waals surface area contributed by atoms with Crippen LogP contribution in [0.2, 0.25) is 0 Å². The normalized spacial score (nSPS) is 15.5. The summed E-state index contributed by atoms with van der Waals surface area (Å²) in [5.74, 6) is 0.576. The minimum atomic E-state index is -3.47. The van der Waals surface area contributed by atoms with Crippen molar-refractivity contribution in [3.63, 3.8) is 0 Å². The number of hydrogen-bond donors (Lipinski definition) is 1. The van der Waals surface area contributed by atoms with Gasteiger partial charge < -0.3 is 9.88 Å². The summed E-state index contributed by atoms with van der Waals surface area (Å²) in [6.45, 7) is 3.14. The summed E-state index contributed by atoms with van der Waals surface area (Å²) in [5.41, 5.74) is 2.32. The Hall–Kier alpha value is -2.71. The van der Waals surface area contributed by atoms with Crippen molar-refractivity contribution < 1.29 is 13.2 Å². The third kappa shape index (κ3) is 4.04. The van der Waals surface area contributed by atoms with Crippen LogP contribution in [0.15, 0.2) is 53.4 Å². The lowest BCUT2D eigenvalue weighted by Gasteiger charge is -2.25. The van der Waals surface area contributed by atoms with E-state index in [1.54, 1.807) is 24.3 Å². The summed E-state index contributed by atoms with van der Waals surface area (Å²) in [7, 11) is -3.47. The van der Waals surface area contributed by atoms with E-state index in [0.29, 0.717) is 18.8 Å². The predicted molar refractivity (Wildman–Crippen MR) is 112 cm³/mol. The molecule has 4 rings (SSSR count). The Kier molecular flexibility index (Phi) is 5.38. The lowest BCUT2D eigenvalue weighted by molar-refractivity contribution is -0.116. The quantitative estimate of drug-likeness (QED) is 0.698. The van der Waals surface area contributed by atoms with Crippen molar-refractivity contribution in [2.75, 3.05) is 18.4 Å². The molecule has 0 spiro atoms. The fraction of sp³-hybridized carbons (Fsp3) is 0.333. The fourth-order valence-corrected chi connectivity index (χ4v) is 5.22. The molecule has 1 fully saturated rings. The molecule has 7 nitrogen and oxygen atoms in total. The molecule has 8 heteroatoms. The van der Waals surface area contributed by atoms with Crippen LogP contribution in [-0.2, 0) is 21.4 Å². The molecule has 1 saturated heterocycles. The monoisotopic (exact) mass is 412 g/mol. The van der Waals surface area contributed by atoms with Crippen molar-refractivity contribution in [3.05, 3.63) is 54.4 Å². The van der Waals surface area contributed by atoms with Crippen LogP contribution in [0.25, 0.3) is 11.0 Å². The molecule has 0 atom stereocenters. The van der Waals surface area contributed by atoms with Crippen LogP contribution in [0.1, 0.15) is 25.1 Å². The highest BCUT2D eigenvalue weighted by Gasteiger charge is 2.25. The summed E-state index contributed by atoms with van der Waals surface area (Å²) in [4.78, 5) is 17.2. The summed E-state index contributed by atoms with van der Waals surface area (Å²) in [6.07, 6.45) is 2.87. The maximum Gasteiger partial charge on any atom is 0.244 e. The van der Waals surface area contributed by atoms with Crippen LogP contribution in [0.3, 0.4) is 0 Å². The Morgan fingerprint density at radius 1 is 1.03 bits per heavy atom. The molecule has 3 aromatic rings. The Labute approximate surface area is 170 Å². The molecule has 0 unspecified atom stereocenters. The van der Waals surface area contributed by atoms with Crippen molar-refractivity contribution in [1.82, 2.24) is 13.9 Å². The van der Waals surface area contributed by atoms with E-state index >= 15 is 0 Å². The van der Waals surface area contributed by atoms with Gasteiger partial charge in [0.15, 0.2) is 0 Å². The zero-order valence-electron chi connectivity index (χ0n) is 16.3. The van der Waals surface area contributed by atoms with Crippen molar-refractivity contribution in [1.29, 1.82) is 0 Å². The summed E-state index contributed by atoms with van der Waals surface area (Å²) < 4.78 is 28.8. The van der Waals surface area contributed by atoms with E-state index in [4.69, 9.17) is 0 Å². The van der Waals surface area contributed by atoms with Crippen molar-refractivity contribution in [3.8, 4) is 0 Å². The van der Waals surface area contributed by atoms with Gasteiger partial charge in [-0.05, 0) is 56.2 Å². The number of hydrogen-bond acceptors (Lipinski definition) is 4. The molecule has 0 bridgehead atoms. The number of para-hydroxylation sites is 2. The Balaban J connectivity index is 1.46. The number of rotatable bonds is 5. The van der Waals surface area contributed by atoms with E-state index in [9.17, 15) is 13.2 Å². The van der Waals surface area contributed by atoms with Gasteiger partial charge in [0.05, 0.1) is 15.9 Å². The van der Waals surface area contributed by atoms with E-state index in [0.717, 1.165) is 36.1 Å². The lowest BCUT2D eigenvalue weighted by Crippen LogP contribution is -2.35. The third-order valence-electron chi connectivity index (χ3n) is 5.24. The highest BCUT2D eigenvalue weighted by atomic mass is 32.2. The van der Waals surface area contributed by atoms with Crippen LogP contribution >= 0.6 is 0 Å². The van der Waals surface area contributed by atoms with Gasteiger partial charge >= 0.3 is 0 Å². The number of imidazole rings is 1. The first kappa shape index (κ1) is 19.6. The lowest BCUT2D eigenvalue weighted by atomic mass is 10.2. The fourth-order valence-electron chi connectivity index (χ4n) is 3.70. The second kappa shape index (κ2) is 7.96. The molecule has 1 N–H and O–H groups in total. The predicted octanol–water partition coefficient (Wildman–Crippen LogP) is 3.16. The highest BCUT2D eigenvalue weighted by molar-refractivity contribution is 7.89. The highest BCUT2D eigenvalue weighted by Crippen LogP contribution is 2.22. The molecule has 1 amide bonds. The third-order valence-corrected chi connectivity index (χ3v) is 7.15. The standard InChI is InChI=1S/C21H24N4O3S/c1-16-22-19-7-3-4-8-20(19)25(16)15-21(26)23-17-9-11-18(12-10-17)29(27,28)24-13-5-2-6-14-24/h3-4,7-12H,2,5-6,13-15H2,1H3,(H,23,26). The first-order chi connectivity index (χ1) is 13.9. The number of anilines is 1. The Morgan fingerprint density at radius 2 is 1.72 bits per heavy atom. The van der Waals surface area contributed by atoms with Crippen molar-refractivity contribution >= 4 is 32.7 Å². The van der Waals surface area contributed by atoms with Crippen LogP contribution in [-0.4, -0.2) is 41.3 Å². The van der Waals surface area contributed by atoms with Gasteiger partial charge in [-0.1, -0.05) is 18.6 Å². The van der Waals surface area contributed by atoms with Gasteiger partial charge in [0.25, 0.3) is 0 Å². The van der Waals surface area contributed by atoms with Gasteiger partial charge in [-0.3, -0.25) is 4.79 Å². The van der Waals surface area contributed by atoms with E-state index in [-0.39, 0.29) is 17.3 Å². The first-order valence-electron chi connectivity index (χ1n) is 9.77. The largest absolute Gasteiger partial charge is 0.325 e. The van der Waals surface area contributed by atoms with E-state index < -0.39 is 10.0 Å². The first-order valence-corrected chi connectivity index (χ1v) is 11.2. The second-order valence-corrected chi connectivity index (χ2v) is 9.21. The number of piperidine rings is 1. The molecular weight excluding hydrogens is 388 g/mol. The van der Waals surface area contributed by atoms with Crippen molar-refractivity contribution in [2.24, 2.45) is 0 Å². The number of sulfonamides is 1.